The van der Waals surface area contributed by atoms with Crippen molar-refractivity contribution in [3.05, 3.63) is 52.0 Å². The fraction of sp³-hybridized carbons (Fsp3) is 0.517. The third-order valence-electron chi connectivity index (χ3n) is 6.13. The van der Waals surface area contributed by atoms with Gasteiger partial charge in [-0.15, -0.1) is 0 Å². The molecule has 2 aromatic rings. The Balaban J connectivity index is 2.45. The molecular formula is C29H39BrO7. The Kier molecular flexibility index (Phi) is 11.3. The van der Waals surface area contributed by atoms with Gasteiger partial charge >= 0.3 is 11.9 Å². The standard InChI is InChI=1S/C29H39BrO7/c1-18(2)36-22-11-9-20(10-12-22)17-29(5,26(27(31)34-7)28(32)35-8)14-13-21-15-25(37-19(3)4)24(33-6)16-23(21)30/h9-12,15-16,18-19,26H,13-14,17H2,1-8H3. The molecule has 7 nitrogen and oxygen atoms in total. The van der Waals surface area contributed by atoms with Crippen LogP contribution < -0.4 is 14.2 Å². The summed E-state index contributed by atoms with van der Waals surface area (Å²) in [6.07, 6.45) is 1.55. The summed E-state index contributed by atoms with van der Waals surface area (Å²) < 4.78 is 28.1. The van der Waals surface area contributed by atoms with Crippen LogP contribution in [0.1, 0.15) is 52.2 Å². The van der Waals surface area contributed by atoms with Gasteiger partial charge in [0.2, 0.25) is 0 Å². The van der Waals surface area contributed by atoms with Crippen LogP contribution in [0.25, 0.3) is 0 Å². The Bertz CT molecular complexity index is 1030. The van der Waals surface area contributed by atoms with Crippen molar-refractivity contribution in [3.8, 4) is 17.2 Å². The van der Waals surface area contributed by atoms with Gasteiger partial charge in [0.25, 0.3) is 0 Å². The van der Waals surface area contributed by atoms with Crippen molar-refractivity contribution >= 4 is 27.9 Å². The molecule has 2 aromatic carbocycles. The van der Waals surface area contributed by atoms with Gasteiger partial charge in [-0.05, 0) is 87.8 Å². The molecule has 0 bridgehead atoms. The lowest BCUT2D eigenvalue weighted by Crippen LogP contribution is -2.42. The van der Waals surface area contributed by atoms with Crippen LogP contribution in [0.5, 0.6) is 17.2 Å². The van der Waals surface area contributed by atoms with Crippen LogP contribution in [-0.4, -0.2) is 45.5 Å². The SMILES string of the molecule is COC(=O)C(C(=O)OC)C(C)(CCc1cc(OC(C)C)c(OC)cc1Br)Cc1ccc(OC(C)C)cc1. The summed E-state index contributed by atoms with van der Waals surface area (Å²) in [6, 6.07) is 11.5. The number of carbonyl (C=O) groups excluding carboxylic acids is 2. The van der Waals surface area contributed by atoms with Crippen molar-refractivity contribution < 1.29 is 33.3 Å². The van der Waals surface area contributed by atoms with Gasteiger partial charge in [0.05, 0.1) is 33.5 Å². The monoisotopic (exact) mass is 578 g/mol. The molecule has 0 radical (unpaired) electrons. The lowest BCUT2D eigenvalue weighted by Gasteiger charge is -2.35. The van der Waals surface area contributed by atoms with Crippen LogP contribution in [0, 0.1) is 11.3 Å². The number of hydrogen-bond donors (Lipinski definition) is 0. The van der Waals surface area contributed by atoms with Gasteiger partial charge < -0.3 is 23.7 Å². The fourth-order valence-corrected chi connectivity index (χ4v) is 4.88. The number of benzene rings is 2. The van der Waals surface area contributed by atoms with Crippen molar-refractivity contribution in [1.82, 2.24) is 0 Å². The lowest BCUT2D eigenvalue weighted by molar-refractivity contribution is -0.165. The van der Waals surface area contributed by atoms with Crippen molar-refractivity contribution in [1.29, 1.82) is 0 Å². The molecule has 0 spiro atoms. The van der Waals surface area contributed by atoms with Crippen LogP contribution in [0.4, 0.5) is 0 Å². The highest BCUT2D eigenvalue weighted by Gasteiger charge is 2.45. The zero-order chi connectivity index (χ0) is 27.8. The van der Waals surface area contributed by atoms with E-state index in [1.54, 1.807) is 7.11 Å². The van der Waals surface area contributed by atoms with Crippen molar-refractivity contribution in [2.75, 3.05) is 21.3 Å². The predicted octanol–water partition coefficient (Wildman–Crippen LogP) is 6.18. The molecule has 8 heteroatoms. The number of hydrogen-bond acceptors (Lipinski definition) is 7. The number of esters is 2. The van der Waals surface area contributed by atoms with Crippen molar-refractivity contribution in [2.24, 2.45) is 11.3 Å². The average molecular weight is 580 g/mol. The third kappa shape index (κ3) is 8.38. The maximum atomic E-state index is 12.9. The van der Waals surface area contributed by atoms with Gasteiger partial charge in [-0.2, -0.15) is 0 Å². The van der Waals surface area contributed by atoms with E-state index in [2.05, 4.69) is 15.9 Å². The normalized spacial score (nSPS) is 12.9. The lowest BCUT2D eigenvalue weighted by atomic mass is 9.69. The summed E-state index contributed by atoms with van der Waals surface area (Å²) in [5.41, 5.74) is 1.13. The molecule has 37 heavy (non-hydrogen) atoms. The van der Waals surface area contributed by atoms with E-state index in [-0.39, 0.29) is 12.2 Å². The van der Waals surface area contributed by atoms with Gasteiger partial charge in [-0.3, -0.25) is 9.59 Å². The van der Waals surface area contributed by atoms with E-state index in [0.29, 0.717) is 30.8 Å². The van der Waals surface area contributed by atoms with Crippen LogP contribution >= 0.6 is 15.9 Å². The Hall–Kier alpha value is -2.74. The zero-order valence-electron chi connectivity index (χ0n) is 23.1. The second kappa shape index (κ2) is 13.7. The van der Waals surface area contributed by atoms with E-state index in [9.17, 15) is 9.59 Å². The molecule has 0 fully saturated rings. The Labute approximate surface area is 228 Å². The highest BCUT2D eigenvalue weighted by molar-refractivity contribution is 9.10. The second-order valence-corrected chi connectivity index (χ2v) is 10.7. The highest BCUT2D eigenvalue weighted by atomic mass is 79.9. The molecule has 0 N–H and O–H groups in total. The largest absolute Gasteiger partial charge is 0.493 e. The summed E-state index contributed by atoms with van der Waals surface area (Å²) in [7, 11) is 4.17. The number of halogens is 1. The molecule has 0 aliphatic heterocycles. The van der Waals surface area contributed by atoms with Crippen LogP contribution in [0.2, 0.25) is 0 Å². The molecule has 0 aliphatic carbocycles. The van der Waals surface area contributed by atoms with Crippen LogP contribution in [0.15, 0.2) is 40.9 Å². The van der Waals surface area contributed by atoms with Crippen LogP contribution in [-0.2, 0) is 31.9 Å². The van der Waals surface area contributed by atoms with E-state index < -0.39 is 23.3 Å². The molecule has 0 saturated carbocycles. The quantitative estimate of drug-likeness (QED) is 0.207. The molecule has 0 aromatic heterocycles. The topological polar surface area (TPSA) is 80.3 Å². The van der Waals surface area contributed by atoms with Gasteiger partial charge in [0, 0.05) is 4.47 Å². The summed E-state index contributed by atoms with van der Waals surface area (Å²) >= 11 is 3.64. The Morgan fingerprint density at radius 3 is 1.92 bits per heavy atom. The second-order valence-electron chi connectivity index (χ2n) is 9.88. The third-order valence-corrected chi connectivity index (χ3v) is 6.87. The van der Waals surface area contributed by atoms with Crippen molar-refractivity contribution in [3.63, 3.8) is 0 Å². The van der Waals surface area contributed by atoms with E-state index in [4.69, 9.17) is 23.7 Å². The van der Waals surface area contributed by atoms with Gasteiger partial charge in [-0.25, -0.2) is 0 Å². The van der Waals surface area contributed by atoms with E-state index in [0.717, 1.165) is 21.3 Å². The summed E-state index contributed by atoms with van der Waals surface area (Å²) in [6.45, 7) is 9.77. The predicted molar refractivity (Wildman–Crippen MR) is 146 cm³/mol. The average Bonchev–Trinajstić information content (AvgIpc) is 2.84. The summed E-state index contributed by atoms with van der Waals surface area (Å²) in [5.74, 6) is -0.317. The molecule has 1 atom stereocenters. The number of ether oxygens (including phenoxy) is 5. The first kappa shape index (κ1) is 30.5. The zero-order valence-corrected chi connectivity index (χ0v) is 24.6. The maximum absolute atomic E-state index is 12.9. The fourth-order valence-electron chi connectivity index (χ4n) is 4.35. The molecule has 0 aliphatic rings. The number of carbonyl (C=O) groups is 2. The first-order chi connectivity index (χ1) is 17.4. The maximum Gasteiger partial charge on any atom is 0.320 e. The molecular weight excluding hydrogens is 540 g/mol. The number of aryl methyl sites for hydroxylation is 1. The van der Waals surface area contributed by atoms with E-state index >= 15 is 0 Å². The minimum Gasteiger partial charge on any atom is -0.493 e. The Morgan fingerprint density at radius 2 is 1.43 bits per heavy atom. The first-order valence-corrected chi connectivity index (χ1v) is 13.2. The summed E-state index contributed by atoms with van der Waals surface area (Å²) in [5, 5.41) is 0. The molecule has 0 saturated heterocycles. The molecule has 1 unspecified atom stereocenters. The van der Waals surface area contributed by atoms with Gasteiger partial charge in [-0.1, -0.05) is 35.0 Å². The minimum atomic E-state index is -1.10. The van der Waals surface area contributed by atoms with Gasteiger partial charge in [0.15, 0.2) is 17.4 Å². The first-order valence-electron chi connectivity index (χ1n) is 12.4. The Morgan fingerprint density at radius 1 is 0.865 bits per heavy atom. The molecule has 2 rings (SSSR count). The molecule has 0 amide bonds. The molecule has 204 valence electrons. The van der Waals surface area contributed by atoms with Crippen LogP contribution in [0.3, 0.4) is 0 Å². The smallest absolute Gasteiger partial charge is 0.320 e. The summed E-state index contributed by atoms with van der Waals surface area (Å²) in [4.78, 5) is 25.7. The minimum absolute atomic E-state index is 0.0288. The van der Waals surface area contributed by atoms with Crippen molar-refractivity contribution in [2.45, 2.75) is 66.1 Å². The van der Waals surface area contributed by atoms with E-state index in [1.807, 2.05) is 71.0 Å². The number of methoxy groups -OCH3 is 3. The molecule has 0 heterocycles. The number of rotatable bonds is 13. The van der Waals surface area contributed by atoms with E-state index in [1.165, 1.54) is 14.2 Å². The van der Waals surface area contributed by atoms with Gasteiger partial charge in [0.1, 0.15) is 5.75 Å². The highest BCUT2D eigenvalue weighted by Crippen LogP contribution is 2.41.